The zero-order valence-electron chi connectivity index (χ0n) is 12.6. The fourth-order valence-electron chi connectivity index (χ4n) is 1.80. The summed E-state index contributed by atoms with van der Waals surface area (Å²) >= 11 is 0. The van der Waals surface area contributed by atoms with Crippen LogP contribution < -0.4 is 14.8 Å². The van der Waals surface area contributed by atoms with Gasteiger partial charge in [-0.25, -0.2) is 13.1 Å². The summed E-state index contributed by atoms with van der Waals surface area (Å²) in [5, 5.41) is 3.19. The van der Waals surface area contributed by atoms with E-state index in [0.29, 0.717) is 13.2 Å². The first-order valence-corrected chi connectivity index (χ1v) is 8.37. The maximum Gasteiger partial charge on any atom is 0.240 e. The van der Waals surface area contributed by atoms with Crippen LogP contribution >= 0.6 is 0 Å². The molecular weight excluding hydrogens is 276 g/mol. The molecule has 0 aromatic heterocycles. The van der Waals surface area contributed by atoms with Crippen molar-refractivity contribution in [1.29, 1.82) is 0 Å². The zero-order valence-corrected chi connectivity index (χ0v) is 13.4. The van der Waals surface area contributed by atoms with Gasteiger partial charge in [0.25, 0.3) is 0 Å². The van der Waals surface area contributed by atoms with Gasteiger partial charge in [-0.2, -0.15) is 0 Å². The van der Waals surface area contributed by atoms with Gasteiger partial charge in [-0.05, 0) is 45.5 Å². The number of nitrogens with one attached hydrogen (secondary N) is 2. The Morgan fingerprint density at radius 1 is 1.25 bits per heavy atom. The molecule has 0 aliphatic rings. The van der Waals surface area contributed by atoms with E-state index >= 15 is 0 Å². The van der Waals surface area contributed by atoms with Crippen LogP contribution in [0.4, 0.5) is 0 Å². The third-order valence-electron chi connectivity index (χ3n) is 2.60. The molecule has 0 fully saturated rings. The molecule has 0 radical (unpaired) electrons. The molecule has 5 nitrogen and oxygen atoms in total. The van der Waals surface area contributed by atoms with Crippen LogP contribution in [0.15, 0.2) is 23.1 Å². The molecule has 0 bridgehead atoms. The lowest BCUT2D eigenvalue weighted by Crippen LogP contribution is -2.30. The van der Waals surface area contributed by atoms with Crippen molar-refractivity contribution in [3.8, 4) is 5.75 Å². The van der Waals surface area contributed by atoms with E-state index in [1.807, 2.05) is 13.8 Å². The van der Waals surface area contributed by atoms with Crippen LogP contribution in [0.3, 0.4) is 0 Å². The Hall–Kier alpha value is -1.11. The Morgan fingerprint density at radius 3 is 2.50 bits per heavy atom. The van der Waals surface area contributed by atoms with Crippen molar-refractivity contribution in [3.05, 3.63) is 23.8 Å². The molecule has 20 heavy (non-hydrogen) atoms. The average molecular weight is 300 g/mol. The first-order chi connectivity index (χ1) is 9.40. The summed E-state index contributed by atoms with van der Waals surface area (Å²) in [6, 6.07) is 4.82. The van der Waals surface area contributed by atoms with Crippen molar-refractivity contribution < 1.29 is 13.2 Å². The molecule has 0 unspecified atom stereocenters. The zero-order chi connectivity index (χ0) is 15.2. The SMILES string of the molecule is CCNCc1cc(S(=O)(=O)NC(C)C)ccc1OCC. The molecule has 0 saturated carbocycles. The van der Waals surface area contributed by atoms with Crippen molar-refractivity contribution in [1.82, 2.24) is 10.0 Å². The molecule has 6 heteroatoms. The molecule has 0 amide bonds. The van der Waals surface area contributed by atoms with E-state index in [0.717, 1.165) is 17.9 Å². The van der Waals surface area contributed by atoms with Gasteiger partial charge in [-0.3, -0.25) is 0 Å². The summed E-state index contributed by atoms with van der Waals surface area (Å²) in [6.45, 7) is 9.44. The average Bonchev–Trinajstić information content (AvgIpc) is 2.36. The van der Waals surface area contributed by atoms with Gasteiger partial charge in [0.15, 0.2) is 0 Å². The normalized spacial score (nSPS) is 11.8. The second-order valence-corrected chi connectivity index (χ2v) is 6.47. The minimum atomic E-state index is -3.47. The van der Waals surface area contributed by atoms with Gasteiger partial charge in [0.05, 0.1) is 11.5 Å². The van der Waals surface area contributed by atoms with Crippen LogP contribution in [0.5, 0.6) is 5.75 Å². The van der Waals surface area contributed by atoms with Gasteiger partial charge in [0.2, 0.25) is 10.0 Å². The highest BCUT2D eigenvalue weighted by molar-refractivity contribution is 7.89. The summed E-state index contributed by atoms with van der Waals surface area (Å²) in [4.78, 5) is 0.266. The van der Waals surface area contributed by atoms with Crippen LogP contribution in [0.1, 0.15) is 33.3 Å². The van der Waals surface area contributed by atoms with Gasteiger partial charge in [0.1, 0.15) is 5.75 Å². The highest BCUT2D eigenvalue weighted by Crippen LogP contribution is 2.23. The fourth-order valence-corrected chi connectivity index (χ4v) is 3.10. The van der Waals surface area contributed by atoms with Crippen molar-refractivity contribution in [3.63, 3.8) is 0 Å². The number of sulfonamides is 1. The third kappa shape index (κ3) is 4.77. The molecule has 0 spiro atoms. The smallest absolute Gasteiger partial charge is 0.240 e. The first-order valence-electron chi connectivity index (χ1n) is 6.89. The van der Waals surface area contributed by atoms with Crippen LogP contribution in [-0.2, 0) is 16.6 Å². The van der Waals surface area contributed by atoms with E-state index in [1.54, 1.807) is 32.0 Å². The molecule has 1 rings (SSSR count). The topological polar surface area (TPSA) is 67.4 Å². The second kappa shape index (κ2) is 7.61. The molecule has 0 atom stereocenters. The molecule has 1 aromatic rings. The van der Waals surface area contributed by atoms with Crippen molar-refractivity contribution >= 4 is 10.0 Å². The number of rotatable bonds is 8. The molecule has 2 N–H and O–H groups in total. The van der Waals surface area contributed by atoms with Crippen LogP contribution in [0.25, 0.3) is 0 Å². The summed E-state index contributed by atoms with van der Waals surface area (Å²) < 4.78 is 32.4. The minimum Gasteiger partial charge on any atom is -0.494 e. The number of hydrogen-bond donors (Lipinski definition) is 2. The minimum absolute atomic E-state index is 0.135. The standard InChI is InChI=1S/C14H24N2O3S/c1-5-15-10-12-9-13(7-8-14(12)19-6-2)20(17,18)16-11(3)4/h7-9,11,15-16H,5-6,10H2,1-4H3. The predicted octanol–water partition coefficient (Wildman–Crippen LogP) is 1.88. The fraction of sp³-hybridized carbons (Fsp3) is 0.571. The molecule has 0 heterocycles. The van der Waals surface area contributed by atoms with Gasteiger partial charge >= 0.3 is 0 Å². The van der Waals surface area contributed by atoms with E-state index in [2.05, 4.69) is 10.0 Å². The Kier molecular flexibility index (Phi) is 6.45. The lowest BCUT2D eigenvalue weighted by Gasteiger charge is -2.14. The van der Waals surface area contributed by atoms with Crippen molar-refractivity contribution in [2.75, 3.05) is 13.2 Å². The monoisotopic (exact) mass is 300 g/mol. The van der Waals surface area contributed by atoms with Gasteiger partial charge in [-0.1, -0.05) is 6.92 Å². The van der Waals surface area contributed by atoms with E-state index < -0.39 is 10.0 Å². The maximum atomic E-state index is 12.2. The Bertz CT molecular complexity index is 527. The first kappa shape index (κ1) is 16.9. The number of hydrogen-bond acceptors (Lipinski definition) is 4. The second-order valence-electron chi connectivity index (χ2n) is 4.76. The predicted molar refractivity (Wildman–Crippen MR) is 80.4 cm³/mol. The molecule has 0 aliphatic carbocycles. The number of benzene rings is 1. The van der Waals surface area contributed by atoms with E-state index in [4.69, 9.17) is 4.74 Å². The van der Waals surface area contributed by atoms with Gasteiger partial charge in [-0.15, -0.1) is 0 Å². The maximum absolute atomic E-state index is 12.2. The summed E-state index contributed by atoms with van der Waals surface area (Å²) in [5.41, 5.74) is 0.848. The Balaban J connectivity index is 3.10. The van der Waals surface area contributed by atoms with Crippen molar-refractivity contribution in [2.24, 2.45) is 0 Å². The van der Waals surface area contributed by atoms with E-state index in [-0.39, 0.29) is 10.9 Å². The Morgan fingerprint density at radius 2 is 1.95 bits per heavy atom. The number of ether oxygens (including phenoxy) is 1. The summed E-state index contributed by atoms with van der Waals surface area (Å²) in [6.07, 6.45) is 0. The van der Waals surface area contributed by atoms with E-state index in [9.17, 15) is 8.42 Å². The largest absolute Gasteiger partial charge is 0.494 e. The van der Waals surface area contributed by atoms with Crippen LogP contribution in [0, 0.1) is 0 Å². The quantitative estimate of drug-likeness (QED) is 0.769. The summed E-state index contributed by atoms with van der Waals surface area (Å²) in [7, 11) is -3.47. The van der Waals surface area contributed by atoms with Gasteiger partial charge in [0, 0.05) is 18.2 Å². The third-order valence-corrected chi connectivity index (χ3v) is 4.25. The van der Waals surface area contributed by atoms with Crippen molar-refractivity contribution in [2.45, 2.75) is 45.2 Å². The van der Waals surface area contributed by atoms with Crippen LogP contribution in [-0.4, -0.2) is 27.6 Å². The van der Waals surface area contributed by atoms with Crippen LogP contribution in [0.2, 0.25) is 0 Å². The Labute approximate surface area is 121 Å². The lowest BCUT2D eigenvalue weighted by molar-refractivity contribution is 0.335. The molecular formula is C14H24N2O3S. The van der Waals surface area contributed by atoms with Gasteiger partial charge < -0.3 is 10.1 Å². The van der Waals surface area contributed by atoms with E-state index in [1.165, 1.54) is 0 Å². The molecule has 1 aromatic carbocycles. The molecule has 114 valence electrons. The summed E-state index contributed by atoms with van der Waals surface area (Å²) in [5.74, 6) is 0.719. The highest BCUT2D eigenvalue weighted by atomic mass is 32.2. The molecule has 0 aliphatic heterocycles. The highest BCUT2D eigenvalue weighted by Gasteiger charge is 2.17. The molecule has 0 saturated heterocycles. The lowest BCUT2D eigenvalue weighted by atomic mass is 10.2.